The number of halogens is 1. The van der Waals surface area contributed by atoms with Crippen LogP contribution in [0.3, 0.4) is 0 Å². The van der Waals surface area contributed by atoms with Crippen molar-refractivity contribution in [1.82, 2.24) is 10.2 Å². The monoisotopic (exact) mass is 553 g/mol. The van der Waals surface area contributed by atoms with Crippen molar-refractivity contribution in [3.05, 3.63) is 76.6 Å². The zero-order chi connectivity index (χ0) is 28.3. The van der Waals surface area contributed by atoms with Gasteiger partial charge in [-0.25, -0.2) is 12.8 Å². The summed E-state index contributed by atoms with van der Waals surface area (Å²) in [4.78, 5) is 15.6. The number of hydrogen-bond donors (Lipinski definition) is 3. The molecule has 7 nitrogen and oxygen atoms in total. The van der Waals surface area contributed by atoms with Crippen molar-refractivity contribution in [2.75, 3.05) is 39.5 Å². The standard InChI is InChI=1S/C30H34FN2O5S/c1-19-23(11-5-12-25(19)31)27-28(29(35)20-8-4-10-22(34)16-20)26(39(37,38)15-7-14-33(2)3)17-24(30(27)36)21-9-6-13-32-18-21/h4-5,8,10-12,16,21,32,34,36H,6-7,9,13-15,18H2,1-3H3/t21-/m0/s1. The molecular weight excluding hydrogens is 519 g/mol. The number of nitrogens with one attached hydrogen (secondary N) is 1. The molecule has 0 saturated carbocycles. The lowest BCUT2D eigenvalue weighted by atomic mass is 9.84. The number of carbonyl (C=O) groups excluding carboxylic acids is 1. The molecule has 9 heteroatoms. The molecule has 0 amide bonds. The van der Waals surface area contributed by atoms with E-state index in [4.69, 9.17) is 0 Å². The molecule has 4 rings (SSSR count). The predicted molar refractivity (Wildman–Crippen MR) is 149 cm³/mol. The number of piperidine rings is 1. The van der Waals surface area contributed by atoms with Crippen molar-refractivity contribution in [3.63, 3.8) is 0 Å². The molecule has 3 aromatic carbocycles. The van der Waals surface area contributed by atoms with E-state index in [2.05, 4.69) is 11.4 Å². The number of sulfone groups is 1. The third-order valence-corrected chi connectivity index (χ3v) is 8.88. The molecule has 3 aromatic rings. The van der Waals surface area contributed by atoms with Crippen molar-refractivity contribution in [2.45, 2.75) is 37.0 Å². The summed E-state index contributed by atoms with van der Waals surface area (Å²) in [5.41, 5.74) is 0.414. The average Bonchev–Trinajstić information content (AvgIpc) is 2.90. The van der Waals surface area contributed by atoms with Gasteiger partial charge in [-0.05, 0) is 82.7 Å². The van der Waals surface area contributed by atoms with E-state index in [1.807, 2.05) is 19.0 Å². The van der Waals surface area contributed by atoms with Gasteiger partial charge in [-0.15, -0.1) is 0 Å². The van der Waals surface area contributed by atoms with Crippen LogP contribution in [0.1, 0.15) is 52.2 Å². The molecule has 0 unspecified atom stereocenters. The number of phenols is 2. The largest absolute Gasteiger partial charge is 0.508 e. The molecule has 1 atom stereocenters. The second-order valence-corrected chi connectivity index (χ2v) is 12.3. The van der Waals surface area contributed by atoms with Gasteiger partial charge in [0.2, 0.25) is 0 Å². The number of phenolic OH excluding ortho intramolecular Hbond substituents is 2. The first-order valence-electron chi connectivity index (χ1n) is 13.0. The fourth-order valence-electron chi connectivity index (χ4n) is 5.06. The van der Waals surface area contributed by atoms with Gasteiger partial charge in [0.05, 0.1) is 16.2 Å². The molecule has 1 heterocycles. The minimum Gasteiger partial charge on any atom is -0.508 e. The van der Waals surface area contributed by atoms with Crippen molar-refractivity contribution in [3.8, 4) is 22.6 Å². The Balaban J connectivity index is 2.07. The fraction of sp³-hybridized carbons (Fsp3) is 0.367. The molecule has 1 fully saturated rings. The fourth-order valence-corrected chi connectivity index (χ4v) is 6.54. The minimum absolute atomic E-state index is 0.0362. The summed E-state index contributed by atoms with van der Waals surface area (Å²) in [6.07, 6.45) is 1.83. The number of carbonyl (C=O) groups is 1. The molecule has 1 radical (unpaired) electrons. The molecule has 39 heavy (non-hydrogen) atoms. The van der Waals surface area contributed by atoms with Gasteiger partial charge in [0.25, 0.3) is 0 Å². The third kappa shape index (κ3) is 6.16. The maximum absolute atomic E-state index is 14.8. The quantitative estimate of drug-likeness (QED) is 0.337. The molecular formula is C30H34FN2O5S. The Morgan fingerprint density at radius 3 is 2.59 bits per heavy atom. The lowest BCUT2D eigenvalue weighted by Gasteiger charge is -2.27. The number of nitrogens with zero attached hydrogens (tertiary/aromatic N) is 1. The molecule has 0 spiro atoms. The normalized spacial score (nSPS) is 16.0. The second kappa shape index (κ2) is 11.9. The van der Waals surface area contributed by atoms with Gasteiger partial charge in [-0.2, -0.15) is 0 Å². The zero-order valence-corrected chi connectivity index (χ0v) is 23.2. The van der Waals surface area contributed by atoms with Crippen molar-refractivity contribution < 1.29 is 27.8 Å². The van der Waals surface area contributed by atoms with E-state index in [0.29, 0.717) is 31.5 Å². The van der Waals surface area contributed by atoms with Crippen molar-refractivity contribution in [1.29, 1.82) is 0 Å². The number of rotatable bonds is 9. The van der Waals surface area contributed by atoms with E-state index in [0.717, 1.165) is 13.0 Å². The summed E-state index contributed by atoms with van der Waals surface area (Å²) in [5.74, 6) is -2.20. The van der Waals surface area contributed by atoms with E-state index in [9.17, 15) is 27.8 Å². The SMILES string of the molecule is Cc1c(F)cccc1-c1c(O)c([C@H]2CCCNC2)[c]c(S(=O)(=O)CCCN(C)C)c1C(=O)c1cccc(O)c1. The Morgan fingerprint density at radius 2 is 1.92 bits per heavy atom. The smallest absolute Gasteiger partial charge is 0.195 e. The van der Waals surface area contributed by atoms with Gasteiger partial charge in [-0.1, -0.05) is 24.3 Å². The number of hydrogen-bond acceptors (Lipinski definition) is 7. The molecule has 3 N–H and O–H groups in total. The van der Waals surface area contributed by atoms with E-state index in [1.165, 1.54) is 43.3 Å². The Hall–Kier alpha value is -3.27. The molecule has 0 bridgehead atoms. The Bertz CT molecular complexity index is 1480. The number of aromatic hydroxyl groups is 2. The van der Waals surface area contributed by atoms with Gasteiger partial charge in [0.15, 0.2) is 15.6 Å². The van der Waals surface area contributed by atoms with E-state index in [1.54, 1.807) is 6.07 Å². The topological polar surface area (TPSA) is 107 Å². The highest BCUT2D eigenvalue weighted by molar-refractivity contribution is 7.91. The molecule has 1 aliphatic rings. The van der Waals surface area contributed by atoms with Gasteiger partial charge >= 0.3 is 0 Å². The van der Waals surface area contributed by atoms with Crippen LogP contribution in [-0.4, -0.2) is 68.8 Å². The second-order valence-electron chi connectivity index (χ2n) is 10.3. The first-order chi connectivity index (χ1) is 18.5. The van der Waals surface area contributed by atoms with E-state index < -0.39 is 21.4 Å². The minimum atomic E-state index is -4.07. The van der Waals surface area contributed by atoms with Crippen LogP contribution in [0.4, 0.5) is 4.39 Å². The highest BCUT2D eigenvalue weighted by Gasteiger charge is 2.34. The van der Waals surface area contributed by atoms with Crippen LogP contribution in [0.15, 0.2) is 47.4 Å². The molecule has 0 aliphatic carbocycles. The third-order valence-electron chi connectivity index (χ3n) is 7.12. The summed E-state index contributed by atoms with van der Waals surface area (Å²) >= 11 is 0. The summed E-state index contributed by atoms with van der Waals surface area (Å²) in [5, 5.41) is 25.0. The molecule has 207 valence electrons. The van der Waals surface area contributed by atoms with E-state index in [-0.39, 0.29) is 55.9 Å². The van der Waals surface area contributed by atoms with Gasteiger partial charge < -0.3 is 20.4 Å². The van der Waals surface area contributed by atoms with Crippen molar-refractivity contribution in [2.24, 2.45) is 0 Å². The Labute approximate surface area is 229 Å². The Kier molecular flexibility index (Phi) is 8.73. The van der Waals surface area contributed by atoms with Crippen molar-refractivity contribution >= 4 is 15.6 Å². The van der Waals surface area contributed by atoms with Crippen LogP contribution in [0.25, 0.3) is 11.1 Å². The number of ketones is 1. The highest BCUT2D eigenvalue weighted by Crippen LogP contribution is 2.45. The van der Waals surface area contributed by atoms with Gasteiger partial charge in [0, 0.05) is 35.2 Å². The zero-order valence-electron chi connectivity index (χ0n) is 22.4. The summed E-state index contributed by atoms with van der Waals surface area (Å²) in [7, 11) is -0.387. The highest BCUT2D eigenvalue weighted by atomic mass is 32.2. The summed E-state index contributed by atoms with van der Waals surface area (Å²) < 4.78 is 42.6. The van der Waals surface area contributed by atoms with E-state index >= 15 is 0 Å². The average molecular weight is 554 g/mol. The van der Waals surface area contributed by atoms with Crippen LogP contribution in [-0.2, 0) is 9.84 Å². The molecule has 1 saturated heterocycles. The predicted octanol–water partition coefficient (Wildman–Crippen LogP) is 4.44. The van der Waals surface area contributed by atoms with Gasteiger partial charge in [0.1, 0.15) is 17.3 Å². The van der Waals surface area contributed by atoms with Crippen LogP contribution >= 0.6 is 0 Å². The van der Waals surface area contributed by atoms with Crippen LogP contribution in [0.2, 0.25) is 0 Å². The first-order valence-corrected chi connectivity index (χ1v) is 14.7. The maximum atomic E-state index is 14.8. The summed E-state index contributed by atoms with van der Waals surface area (Å²) in [6, 6.07) is 12.8. The Morgan fingerprint density at radius 1 is 1.18 bits per heavy atom. The molecule has 0 aromatic heterocycles. The van der Waals surface area contributed by atoms with Crippen LogP contribution in [0, 0.1) is 18.8 Å². The number of benzene rings is 3. The lowest BCUT2D eigenvalue weighted by molar-refractivity contribution is 0.103. The summed E-state index contributed by atoms with van der Waals surface area (Å²) in [6.45, 7) is 3.35. The maximum Gasteiger partial charge on any atom is 0.195 e. The van der Waals surface area contributed by atoms with Crippen LogP contribution < -0.4 is 5.32 Å². The first kappa shape index (κ1) is 28.7. The molecule has 1 aliphatic heterocycles. The lowest BCUT2D eigenvalue weighted by Crippen LogP contribution is -2.29. The van der Waals surface area contributed by atoms with Crippen LogP contribution in [0.5, 0.6) is 11.5 Å². The van der Waals surface area contributed by atoms with Gasteiger partial charge in [-0.3, -0.25) is 4.79 Å².